The predicted molar refractivity (Wildman–Crippen MR) is 101 cm³/mol. The smallest absolute Gasteiger partial charge is 0.326 e. The number of nitrogens with one attached hydrogen (secondary N) is 2. The minimum Gasteiger partial charge on any atom is -0.480 e. The molecule has 1 aliphatic heterocycles. The van der Waals surface area contributed by atoms with Gasteiger partial charge in [-0.3, -0.25) is 4.79 Å². The molecule has 0 aliphatic carbocycles. The number of nitrogens with zero attached hydrogens (tertiary/aromatic N) is 1. The van der Waals surface area contributed by atoms with Crippen LogP contribution < -0.4 is 10.6 Å². The summed E-state index contributed by atoms with van der Waals surface area (Å²) in [7, 11) is 0. The van der Waals surface area contributed by atoms with Gasteiger partial charge in [-0.05, 0) is 48.2 Å². The van der Waals surface area contributed by atoms with E-state index in [9.17, 15) is 19.1 Å². The molecule has 0 saturated carbocycles. The van der Waals surface area contributed by atoms with Gasteiger partial charge in [-0.15, -0.1) is 0 Å². The third-order valence-electron chi connectivity index (χ3n) is 4.81. The van der Waals surface area contributed by atoms with Crippen molar-refractivity contribution in [2.75, 3.05) is 6.54 Å². The van der Waals surface area contributed by atoms with Gasteiger partial charge >= 0.3 is 5.97 Å². The molecule has 1 saturated heterocycles. The van der Waals surface area contributed by atoms with Gasteiger partial charge in [0.2, 0.25) is 5.91 Å². The van der Waals surface area contributed by atoms with Crippen molar-refractivity contribution >= 4 is 11.9 Å². The molecule has 0 bridgehead atoms. The first kappa shape index (κ1) is 19.5. The molecule has 3 rings (SSSR count). The average molecular weight is 381 g/mol. The fourth-order valence-corrected chi connectivity index (χ4v) is 3.24. The number of hydrogen-bond acceptors (Lipinski definition) is 4. The van der Waals surface area contributed by atoms with Crippen molar-refractivity contribution in [1.82, 2.24) is 10.6 Å². The Morgan fingerprint density at radius 2 is 1.96 bits per heavy atom. The van der Waals surface area contributed by atoms with Crippen LogP contribution in [0.4, 0.5) is 4.39 Å². The van der Waals surface area contributed by atoms with E-state index in [4.69, 9.17) is 5.26 Å². The summed E-state index contributed by atoms with van der Waals surface area (Å²) in [4.78, 5) is 23.7. The summed E-state index contributed by atoms with van der Waals surface area (Å²) in [5.41, 5.74) is 2.19. The van der Waals surface area contributed by atoms with E-state index in [1.807, 2.05) is 6.07 Å². The van der Waals surface area contributed by atoms with Crippen molar-refractivity contribution < 1.29 is 19.1 Å². The van der Waals surface area contributed by atoms with E-state index in [0.717, 1.165) is 24.1 Å². The number of nitriles is 1. The maximum absolute atomic E-state index is 13.5. The van der Waals surface area contributed by atoms with Crippen LogP contribution in [-0.4, -0.2) is 35.6 Å². The molecule has 1 aliphatic rings. The lowest BCUT2D eigenvalue weighted by atomic mass is 9.99. The van der Waals surface area contributed by atoms with Gasteiger partial charge in [0.1, 0.15) is 17.9 Å². The zero-order valence-electron chi connectivity index (χ0n) is 15.1. The van der Waals surface area contributed by atoms with Crippen molar-refractivity contribution in [3.05, 3.63) is 59.4 Å². The highest BCUT2D eigenvalue weighted by atomic mass is 19.1. The van der Waals surface area contributed by atoms with Gasteiger partial charge < -0.3 is 15.7 Å². The van der Waals surface area contributed by atoms with Crippen molar-refractivity contribution in [3.8, 4) is 17.2 Å². The Bertz CT molecular complexity index is 915. The molecule has 7 heteroatoms. The van der Waals surface area contributed by atoms with Crippen LogP contribution in [0.25, 0.3) is 11.1 Å². The molecule has 3 N–H and O–H groups in total. The number of benzene rings is 2. The van der Waals surface area contributed by atoms with E-state index < -0.39 is 17.8 Å². The lowest BCUT2D eigenvalue weighted by Gasteiger charge is -2.18. The molecule has 1 heterocycles. The van der Waals surface area contributed by atoms with Crippen LogP contribution in [0.2, 0.25) is 0 Å². The number of hydrogen-bond donors (Lipinski definition) is 3. The summed E-state index contributed by atoms with van der Waals surface area (Å²) >= 11 is 0. The Hall–Kier alpha value is -3.24. The lowest BCUT2D eigenvalue weighted by Crippen LogP contribution is -2.49. The Balaban J connectivity index is 1.70. The number of carbonyl (C=O) groups is 2. The first-order chi connectivity index (χ1) is 13.5. The van der Waals surface area contributed by atoms with Crippen LogP contribution in [0.5, 0.6) is 0 Å². The summed E-state index contributed by atoms with van der Waals surface area (Å²) < 4.78 is 13.5. The van der Waals surface area contributed by atoms with Gasteiger partial charge in [0, 0.05) is 6.42 Å². The molecule has 1 fully saturated rings. The van der Waals surface area contributed by atoms with Crippen LogP contribution in [0.15, 0.2) is 42.5 Å². The molecular weight excluding hydrogens is 361 g/mol. The summed E-state index contributed by atoms with van der Waals surface area (Å²) in [6, 6.07) is 11.8. The monoisotopic (exact) mass is 381 g/mol. The highest BCUT2D eigenvalue weighted by molar-refractivity contribution is 5.87. The largest absolute Gasteiger partial charge is 0.480 e. The second kappa shape index (κ2) is 8.63. The molecule has 0 aromatic heterocycles. The summed E-state index contributed by atoms with van der Waals surface area (Å²) in [5.74, 6) is -1.95. The Morgan fingerprint density at radius 1 is 1.25 bits per heavy atom. The second-order valence-electron chi connectivity index (χ2n) is 6.76. The molecule has 0 radical (unpaired) electrons. The van der Waals surface area contributed by atoms with Crippen molar-refractivity contribution in [1.29, 1.82) is 5.26 Å². The van der Waals surface area contributed by atoms with Crippen LogP contribution >= 0.6 is 0 Å². The highest BCUT2D eigenvalue weighted by Crippen LogP contribution is 2.23. The van der Waals surface area contributed by atoms with E-state index in [2.05, 4.69) is 10.6 Å². The number of aliphatic carboxylic acids is 1. The van der Waals surface area contributed by atoms with Gasteiger partial charge in [0.05, 0.1) is 11.6 Å². The maximum Gasteiger partial charge on any atom is 0.326 e. The summed E-state index contributed by atoms with van der Waals surface area (Å²) in [6.07, 6.45) is 1.75. The molecule has 144 valence electrons. The quantitative estimate of drug-likeness (QED) is 0.712. The predicted octanol–water partition coefficient (Wildman–Crippen LogP) is 2.23. The van der Waals surface area contributed by atoms with E-state index in [1.54, 1.807) is 30.3 Å². The zero-order chi connectivity index (χ0) is 20.1. The molecule has 28 heavy (non-hydrogen) atoms. The van der Waals surface area contributed by atoms with Gasteiger partial charge in [0.25, 0.3) is 0 Å². The van der Waals surface area contributed by atoms with Crippen molar-refractivity contribution in [3.63, 3.8) is 0 Å². The summed E-state index contributed by atoms with van der Waals surface area (Å²) in [5, 5.41) is 24.0. The minimum absolute atomic E-state index is 0.0317. The topological polar surface area (TPSA) is 102 Å². The number of carboxylic acids is 1. The van der Waals surface area contributed by atoms with E-state index in [1.165, 1.54) is 12.1 Å². The van der Waals surface area contributed by atoms with Crippen molar-refractivity contribution in [2.45, 2.75) is 31.3 Å². The summed E-state index contributed by atoms with van der Waals surface area (Å²) in [6.45, 7) is 0.758. The first-order valence-electron chi connectivity index (χ1n) is 9.03. The SMILES string of the molecule is N#Cc1cc(-c2ccc(C[C@H](NC(=O)[C@@H]3CCCN3)C(=O)O)cc2)ccc1F. The van der Waals surface area contributed by atoms with Gasteiger partial charge in [0.15, 0.2) is 0 Å². The van der Waals surface area contributed by atoms with E-state index >= 15 is 0 Å². The maximum atomic E-state index is 13.5. The fraction of sp³-hybridized carbons (Fsp3) is 0.286. The normalized spacial score (nSPS) is 16.9. The van der Waals surface area contributed by atoms with Crippen LogP contribution in [0.1, 0.15) is 24.0 Å². The van der Waals surface area contributed by atoms with E-state index in [-0.39, 0.29) is 23.9 Å². The Kier molecular flexibility index (Phi) is 6.02. The van der Waals surface area contributed by atoms with Crippen molar-refractivity contribution in [2.24, 2.45) is 0 Å². The van der Waals surface area contributed by atoms with E-state index in [0.29, 0.717) is 12.0 Å². The number of halogens is 1. The van der Waals surface area contributed by atoms with Gasteiger partial charge in [-0.1, -0.05) is 30.3 Å². The lowest BCUT2D eigenvalue weighted by molar-refractivity contribution is -0.142. The number of carbonyl (C=O) groups excluding carboxylic acids is 1. The third-order valence-corrected chi connectivity index (χ3v) is 4.81. The molecule has 0 unspecified atom stereocenters. The fourth-order valence-electron chi connectivity index (χ4n) is 3.24. The van der Waals surface area contributed by atoms with Crippen LogP contribution in [0, 0.1) is 17.1 Å². The highest BCUT2D eigenvalue weighted by Gasteiger charge is 2.27. The molecule has 6 nitrogen and oxygen atoms in total. The second-order valence-corrected chi connectivity index (χ2v) is 6.76. The first-order valence-corrected chi connectivity index (χ1v) is 9.03. The molecule has 1 amide bonds. The van der Waals surface area contributed by atoms with Crippen LogP contribution in [0.3, 0.4) is 0 Å². The molecular formula is C21H20FN3O3. The Morgan fingerprint density at radius 3 is 2.57 bits per heavy atom. The van der Waals surface area contributed by atoms with Crippen LogP contribution in [-0.2, 0) is 16.0 Å². The number of carboxylic acid groups (broad SMARTS) is 1. The molecule has 2 atom stereocenters. The molecule has 2 aromatic rings. The standard InChI is InChI=1S/C21H20FN3O3/c22-17-8-7-15(11-16(17)12-23)14-5-3-13(4-6-14)10-19(21(27)28)25-20(26)18-2-1-9-24-18/h3-8,11,18-19,24H,1-2,9-10H2,(H,25,26)(H,27,28)/t18-,19-/m0/s1. The zero-order valence-corrected chi connectivity index (χ0v) is 15.1. The Labute approximate surface area is 162 Å². The van der Waals surface area contributed by atoms with Gasteiger partial charge in [-0.25, -0.2) is 9.18 Å². The molecule has 0 spiro atoms. The third kappa shape index (κ3) is 4.53. The average Bonchev–Trinajstić information content (AvgIpc) is 3.23. The number of rotatable bonds is 6. The van der Waals surface area contributed by atoms with Gasteiger partial charge in [-0.2, -0.15) is 5.26 Å². The number of amides is 1. The molecule has 2 aromatic carbocycles. The minimum atomic E-state index is -1.09.